The Balaban J connectivity index is 1.65. The summed E-state index contributed by atoms with van der Waals surface area (Å²) in [5.74, 6) is -0.597. The largest absolute Gasteiger partial charge is 0.405 e. The predicted octanol–water partition coefficient (Wildman–Crippen LogP) is 1.73. The van der Waals surface area contributed by atoms with E-state index in [1.54, 1.807) is 28.0 Å². The van der Waals surface area contributed by atoms with E-state index in [2.05, 4.69) is 6.07 Å². The van der Waals surface area contributed by atoms with Gasteiger partial charge < -0.3 is 10.2 Å². The fourth-order valence-electron chi connectivity index (χ4n) is 3.05. The molecule has 2 aromatic rings. The van der Waals surface area contributed by atoms with Crippen LogP contribution in [-0.4, -0.2) is 37.7 Å². The lowest BCUT2D eigenvalue weighted by atomic mass is 9.98. The van der Waals surface area contributed by atoms with Gasteiger partial charge in [0.1, 0.15) is 12.6 Å². The van der Waals surface area contributed by atoms with Gasteiger partial charge in [-0.25, -0.2) is 4.79 Å². The number of halogens is 3. The Morgan fingerprint density at radius 1 is 1.23 bits per heavy atom. The van der Waals surface area contributed by atoms with Crippen LogP contribution in [0.5, 0.6) is 0 Å². The Kier molecular flexibility index (Phi) is 5.64. The highest BCUT2D eigenvalue weighted by Crippen LogP contribution is 2.31. The van der Waals surface area contributed by atoms with Crippen LogP contribution in [0.15, 0.2) is 29.0 Å². The molecule has 1 unspecified atom stereocenters. The maximum Gasteiger partial charge on any atom is 0.405 e. The lowest BCUT2D eigenvalue weighted by Crippen LogP contribution is -3.14. The summed E-state index contributed by atoms with van der Waals surface area (Å²) in [4.78, 5) is 27.0. The van der Waals surface area contributed by atoms with E-state index in [9.17, 15) is 22.8 Å². The van der Waals surface area contributed by atoms with Crippen molar-refractivity contribution in [2.75, 3.05) is 19.6 Å². The molecule has 1 aliphatic heterocycles. The molecule has 10 heteroatoms. The second kappa shape index (κ2) is 7.77. The number of carbonyl (C=O) groups excluding carboxylic acids is 2. The predicted molar refractivity (Wildman–Crippen MR) is 92.5 cm³/mol. The van der Waals surface area contributed by atoms with E-state index in [0.717, 1.165) is 16.2 Å². The van der Waals surface area contributed by atoms with Crippen LogP contribution in [0.2, 0.25) is 0 Å². The summed E-state index contributed by atoms with van der Waals surface area (Å²) in [5.41, 5.74) is 1.17. The van der Waals surface area contributed by atoms with Crippen molar-refractivity contribution in [2.24, 2.45) is 0 Å². The third-order valence-corrected chi connectivity index (χ3v) is 6.02. The molecule has 0 bridgehead atoms. The summed E-state index contributed by atoms with van der Waals surface area (Å²) in [7, 11) is 0. The first-order chi connectivity index (χ1) is 12.3. The Labute approximate surface area is 155 Å². The summed E-state index contributed by atoms with van der Waals surface area (Å²) in [6.45, 7) is -0.746. The van der Waals surface area contributed by atoms with Gasteiger partial charge in [0.2, 0.25) is 0 Å². The van der Waals surface area contributed by atoms with Gasteiger partial charge in [-0.3, -0.25) is 10.1 Å². The molecule has 3 heterocycles. The van der Waals surface area contributed by atoms with Gasteiger partial charge in [-0.1, -0.05) is 6.07 Å². The number of thiophene rings is 2. The van der Waals surface area contributed by atoms with Crippen LogP contribution in [0.4, 0.5) is 18.0 Å². The number of rotatable bonds is 4. The SMILES string of the molecule is O=C(C[NH+]1CCc2sccc2[C@@H]1c1cccs1)NC(=O)NCC(F)(F)F. The van der Waals surface area contributed by atoms with Crippen molar-refractivity contribution in [3.63, 3.8) is 0 Å². The van der Waals surface area contributed by atoms with Crippen LogP contribution in [0, 0.1) is 0 Å². The van der Waals surface area contributed by atoms with Crippen molar-refractivity contribution >= 4 is 34.6 Å². The summed E-state index contributed by atoms with van der Waals surface area (Å²) in [6.07, 6.45) is -3.68. The molecule has 2 atom stereocenters. The molecule has 2 aromatic heterocycles. The third kappa shape index (κ3) is 4.63. The molecule has 0 fully saturated rings. The zero-order valence-electron chi connectivity index (χ0n) is 13.6. The number of fused-ring (bicyclic) bond motifs is 1. The van der Waals surface area contributed by atoms with E-state index in [0.29, 0.717) is 6.54 Å². The number of quaternary nitrogens is 1. The van der Waals surface area contributed by atoms with Gasteiger partial charge in [0.05, 0.1) is 11.4 Å². The molecule has 5 nitrogen and oxygen atoms in total. The molecule has 0 saturated carbocycles. The van der Waals surface area contributed by atoms with Crippen molar-refractivity contribution in [2.45, 2.75) is 18.6 Å². The van der Waals surface area contributed by atoms with Gasteiger partial charge in [-0.05, 0) is 22.9 Å². The summed E-state index contributed by atoms with van der Waals surface area (Å²) in [6, 6.07) is 4.87. The monoisotopic (exact) mass is 404 g/mol. The minimum absolute atomic E-state index is 0.00557. The minimum atomic E-state index is -4.52. The summed E-state index contributed by atoms with van der Waals surface area (Å²) >= 11 is 3.29. The van der Waals surface area contributed by atoms with E-state index < -0.39 is 24.7 Å². The molecule has 3 N–H and O–H groups in total. The molecule has 0 saturated heterocycles. The van der Waals surface area contributed by atoms with Gasteiger partial charge >= 0.3 is 12.2 Å². The number of urea groups is 1. The maximum absolute atomic E-state index is 12.1. The van der Waals surface area contributed by atoms with Crippen LogP contribution in [-0.2, 0) is 11.2 Å². The average molecular weight is 404 g/mol. The Morgan fingerprint density at radius 2 is 2.04 bits per heavy atom. The standard InChI is InChI=1S/C16H16F3N3O2S2/c17-16(18,19)9-20-15(24)21-13(23)8-22-5-3-11-10(4-7-26-11)14(22)12-2-1-6-25-12/h1-2,4,6-7,14H,3,5,8-9H2,(H2,20,21,23,24)/p+1/t14-/m1/s1. The summed E-state index contributed by atoms with van der Waals surface area (Å²) < 4.78 is 36.3. The molecule has 3 amide bonds. The zero-order chi connectivity index (χ0) is 18.7. The van der Waals surface area contributed by atoms with Crippen LogP contribution in [0.25, 0.3) is 0 Å². The Morgan fingerprint density at radius 3 is 2.73 bits per heavy atom. The quantitative estimate of drug-likeness (QED) is 0.727. The first kappa shape index (κ1) is 18.9. The van der Waals surface area contributed by atoms with Crippen molar-refractivity contribution in [3.8, 4) is 0 Å². The van der Waals surface area contributed by atoms with Crippen LogP contribution in [0.1, 0.15) is 21.4 Å². The molecule has 0 spiro atoms. The van der Waals surface area contributed by atoms with Gasteiger partial charge in [0, 0.05) is 16.9 Å². The molecule has 0 radical (unpaired) electrons. The van der Waals surface area contributed by atoms with Gasteiger partial charge in [0.15, 0.2) is 6.54 Å². The topological polar surface area (TPSA) is 62.6 Å². The second-order valence-electron chi connectivity index (χ2n) is 5.93. The highest BCUT2D eigenvalue weighted by Gasteiger charge is 2.35. The number of alkyl halides is 3. The number of carbonyl (C=O) groups is 2. The molecule has 140 valence electrons. The second-order valence-corrected chi connectivity index (χ2v) is 7.91. The van der Waals surface area contributed by atoms with E-state index in [1.807, 2.05) is 28.2 Å². The van der Waals surface area contributed by atoms with Crippen molar-refractivity contribution in [1.82, 2.24) is 10.6 Å². The van der Waals surface area contributed by atoms with E-state index in [4.69, 9.17) is 0 Å². The molecular formula is C16H17F3N3O2S2+. The fraction of sp³-hybridized carbons (Fsp3) is 0.375. The number of nitrogens with one attached hydrogen (secondary N) is 3. The fourth-order valence-corrected chi connectivity index (χ4v) is 4.87. The average Bonchev–Trinajstić information content (AvgIpc) is 3.23. The number of imide groups is 1. The minimum Gasteiger partial charge on any atom is -0.329 e. The third-order valence-electron chi connectivity index (χ3n) is 4.09. The molecule has 3 rings (SSSR count). The van der Waals surface area contributed by atoms with Crippen LogP contribution in [0.3, 0.4) is 0 Å². The number of hydrogen-bond acceptors (Lipinski definition) is 4. The summed E-state index contributed by atoms with van der Waals surface area (Å²) in [5, 5.41) is 7.62. The highest BCUT2D eigenvalue weighted by molar-refractivity contribution is 7.10. The van der Waals surface area contributed by atoms with Gasteiger partial charge in [0.25, 0.3) is 5.91 Å². The Hall–Kier alpha value is -1.91. The molecule has 26 heavy (non-hydrogen) atoms. The van der Waals surface area contributed by atoms with Crippen molar-refractivity contribution < 1.29 is 27.7 Å². The normalized spacial score (nSPS) is 19.7. The smallest absolute Gasteiger partial charge is 0.329 e. The highest BCUT2D eigenvalue weighted by atomic mass is 32.1. The lowest BCUT2D eigenvalue weighted by Gasteiger charge is -2.31. The van der Waals surface area contributed by atoms with E-state index >= 15 is 0 Å². The van der Waals surface area contributed by atoms with Gasteiger partial charge in [-0.2, -0.15) is 13.2 Å². The van der Waals surface area contributed by atoms with Crippen LogP contribution < -0.4 is 15.5 Å². The lowest BCUT2D eigenvalue weighted by molar-refractivity contribution is -0.919. The number of amides is 3. The van der Waals surface area contributed by atoms with Gasteiger partial charge in [-0.15, -0.1) is 22.7 Å². The first-order valence-electron chi connectivity index (χ1n) is 7.92. The van der Waals surface area contributed by atoms with Crippen LogP contribution >= 0.6 is 22.7 Å². The molecule has 0 aromatic carbocycles. The maximum atomic E-state index is 12.1. The zero-order valence-corrected chi connectivity index (χ0v) is 15.2. The number of hydrogen-bond donors (Lipinski definition) is 3. The molecule has 0 aliphatic carbocycles. The Bertz CT molecular complexity index is 774. The first-order valence-corrected chi connectivity index (χ1v) is 9.68. The molecule has 1 aliphatic rings. The van der Waals surface area contributed by atoms with Crippen molar-refractivity contribution in [1.29, 1.82) is 0 Å². The van der Waals surface area contributed by atoms with E-state index in [-0.39, 0.29) is 12.6 Å². The van der Waals surface area contributed by atoms with E-state index in [1.165, 1.54) is 10.4 Å². The van der Waals surface area contributed by atoms with Crippen molar-refractivity contribution in [3.05, 3.63) is 44.3 Å². The molecular weight excluding hydrogens is 387 g/mol.